The number of sulfonamides is 1. The summed E-state index contributed by atoms with van der Waals surface area (Å²) in [6.07, 6.45) is 2.17. The molecule has 21 heavy (non-hydrogen) atoms. The molecule has 2 bridgehead atoms. The van der Waals surface area contributed by atoms with Crippen molar-refractivity contribution in [2.45, 2.75) is 36.2 Å². The number of benzene rings is 1. The van der Waals surface area contributed by atoms with Crippen LogP contribution in [0.25, 0.3) is 0 Å². The molecule has 0 radical (unpaired) electrons. The van der Waals surface area contributed by atoms with E-state index in [0.717, 1.165) is 12.8 Å². The number of carbonyl (C=O) groups is 1. The van der Waals surface area contributed by atoms with Crippen molar-refractivity contribution < 1.29 is 23.1 Å². The normalized spacial score (nSPS) is 28.7. The monoisotopic (exact) mass is 311 g/mol. The van der Waals surface area contributed by atoms with Crippen LogP contribution in [0.3, 0.4) is 0 Å². The first-order valence-electron chi connectivity index (χ1n) is 6.85. The van der Waals surface area contributed by atoms with Gasteiger partial charge >= 0.3 is 5.97 Å². The molecule has 6 nitrogen and oxygen atoms in total. The molecule has 1 aromatic rings. The quantitative estimate of drug-likeness (QED) is 0.906. The van der Waals surface area contributed by atoms with Crippen molar-refractivity contribution in [1.29, 1.82) is 0 Å². The molecule has 0 amide bonds. The molecular weight excluding hydrogens is 294 g/mol. The number of hydrogen-bond acceptors (Lipinski definition) is 4. The van der Waals surface area contributed by atoms with Gasteiger partial charge in [-0.05, 0) is 49.4 Å². The maximum Gasteiger partial charge on any atom is 0.322 e. The Hall–Kier alpha value is -1.60. The van der Waals surface area contributed by atoms with E-state index in [4.69, 9.17) is 4.74 Å². The van der Waals surface area contributed by atoms with E-state index in [9.17, 15) is 18.3 Å². The Morgan fingerprint density at radius 2 is 1.95 bits per heavy atom. The van der Waals surface area contributed by atoms with Crippen LogP contribution >= 0.6 is 0 Å². The van der Waals surface area contributed by atoms with Crippen LogP contribution in [0.1, 0.15) is 19.3 Å². The third kappa shape index (κ3) is 2.20. The molecular formula is C14H17NO5S. The summed E-state index contributed by atoms with van der Waals surface area (Å²) in [6, 6.07) is 4.92. The Labute approximate surface area is 123 Å². The lowest BCUT2D eigenvalue weighted by atomic mass is 10.0. The van der Waals surface area contributed by atoms with E-state index < -0.39 is 22.0 Å². The maximum atomic E-state index is 12.8. The minimum Gasteiger partial charge on any atom is -0.497 e. The zero-order valence-corrected chi connectivity index (χ0v) is 12.4. The van der Waals surface area contributed by atoms with Crippen LogP contribution in [-0.2, 0) is 14.8 Å². The van der Waals surface area contributed by atoms with Crippen LogP contribution in [-0.4, -0.2) is 43.0 Å². The van der Waals surface area contributed by atoms with Crippen molar-refractivity contribution in [2.24, 2.45) is 5.92 Å². The predicted molar refractivity (Wildman–Crippen MR) is 74.6 cm³/mol. The largest absolute Gasteiger partial charge is 0.497 e. The third-order valence-corrected chi connectivity index (χ3v) is 6.36. The zero-order valence-electron chi connectivity index (χ0n) is 11.6. The standard InChI is InChI=1S/C14H17NO5S/c1-20-11-4-6-12(7-5-11)21(18,19)15-10-3-2-9(8-10)13(15)14(16)17/h4-7,9-10,13H,2-3,8H2,1H3,(H,16,17). The maximum absolute atomic E-state index is 12.8. The van der Waals surface area contributed by atoms with Crippen LogP contribution in [0.15, 0.2) is 29.2 Å². The summed E-state index contributed by atoms with van der Waals surface area (Å²) in [6.45, 7) is 0. The summed E-state index contributed by atoms with van der Waals surface area (Å²) in [5.41, 5.74) is 0. The van der Waals surface area contributed by atoms with E-state index >= 15 is 0 Å². The fourth-order valence-electron chi connectivity index (χ4n) is 3.47. The highest BCUT2D eigenvalue weighted by molar-refractivity contribution is 7.89. The summed E-state index contributed by atoms with van der Waals surface area (Å²) < 4.78 is 31.7. The molecule has 1 heterocycles. The molecule has 1 saturated carbocycles. The summed E-state index contributed by atoms with van der Waals surface area (Å²) >= 11 is 0. The number of ether oxygens (including phenoxy) is 1. The fraction of sp³-hybridized carbons (Fsp3) is 0.500. The summed E-state index contributed by atoms with van der Waals surface area (Å²) in [4.78, 5) is 11.6. The Kier molecular flexibility index (Phi) is 3.41. The first kappa shape index (κ1) is 14.3. The third-order valence-electron chi connectivity index (χ3n) is 4.41. The first-order chi connectivity index (χ1) is 9.95. The zero-order chi connectivity index (χ0) is 15.2. The molecule has 0 aromatic heterocycles. The number of rotatable bonds is 4. The Balaban J connectivity index is 1.98. The Bertz CT molecular complexity index is 654. The molecule has 2 fully saturated rings. The molecule has 1 aliphatic carbocycles. The molecule has 3 rings (SSSR count). The number of carboxylic acids is 1. The summed E-state index contributed by atoms with van der Waals surface area (Å²) in [5.74, 6) is -0.563. The van der Waals surface area contributed by atoms with Gasteiger partial charge < -0.3 is 9.84 Å². The van der Waals surface area contributed by atoms with E-state index in [-0.39, 0.29) is 16.9 Å². The highest BCUT2D eigenvalue weighted by Crippen LogP contribution is 2.45. The van der Waals surface area contributed by atoms with Gasteiger partial charge in [0.15, 0.2) is 0 Å². The highest BCUT2D eigenvalue weighted by atomic mass is 32.2. The molecule has 1 N–H and O–H groups in total. The molecule has 1 saturated heterocycles. The lowest BCUT2D eigenvalue weighted by Gasteiger charge is -2.31. The molecule has 2 aliphatic rings. The number of fused-ring (bicyclic) bond motifs is 2. The Morgan fingerprint density at radius 3 is 2.52 bits per heavy atom. The molecule has 3 atom stereocenters. The number of carboxylic acid groups (broad SMARTS) is 1. The molecule has 1 aliphatic heterocycles. The smallest absolute Gasteiger partial charge is 0.322 e. The average Bonchev–Trinajstić information content (AvgIpc) is 3.08. The number of aliphatic carboxylic acids is 1. The minimum atomic E-state index is -3.79. The van der Waals surface area contributed by atoms with Crippen molar-refractivity contribution in [3.05, 3.63) is 24.3 Å². The van der Waals surface area contributed by atoms with Gasteiger partial charge in [-0.15, -0.1) is 0 Å². The number of methoxy groups -OCH3 is 1. The predicted octanol–water partition coefficient (Wildman–Crippen LogP) is 1.32. The van der Waals surface area contributed by atoms with E-state index in [1.165, 1.54) is 23.5 Å². The second-order valence-corrected chi connectivity index (χ2v) is 7.36. The SMILES string of the molecule is COc1ccc(S(=O)(=O)N2C3CCC(C3)C2C(=O)O)cc1. The topological polar surface area (TPSA) is 83.9 Å². The minimum absolute atomic E-state index is 0.0690. The average molecular weight is 311 g/mol. The van der Waals surface area contributed by atoms with Gasteiger partial charge in [-0.1, -0.05) is 0 Å². The Morgan fingerprint density at radius 1 is 1.29 bits per heavy atom. The van der Waals surface area contributed by atoms with Gasteiger partial charge in [-0.2, -0.15) is 4.31 Å². The molecule has 7 heteroatoms. The molecule has 1 aromatic carbocycles. The van der Waals surface area contributed by atoms with Crippen LogP contribution < -0.4 is 4.74 Å². The van der Waals surface area contributed by atoms with Crippen molar-refractivity contribution in [3.63, 3.8) is 0 Å². The second kappa shape index (κ2) is 4.99. The van der Waals surface area contributed by atoms with Crippen LogP contribution in [0, 0.1) is 5.92 Å². The molecule has 3 unspecified atom stereocenters. The van der Waals surface area contributed by atoms with Crippen LogP contribution in [0.4, 0.5) is 0 Å². The van der Waals surface area contributed by atoms with Gasteiger partial charge in [0.05, 0.1) is 12.0 Å². The molecule has 114 valence electrons. The van der Waals surface area contributed by atoms with E-state index in [2.05, 4.69) is 0 Å². The van der Waals surface area contributed by atoms with Crippen molar-refractivity contribution in [2.75, 3.05) is 7.11 Å². The molecule has 0 spiro atoms. The van der Waals surface area contributed by atoms with Crippen molar-refractivity contribution in [3.8, 4) is 5.75 Å². The lowest BCUT2D eigenvalue weighted by Crippen LogP contribution is -2.48. The van der Waals surface area contributed by atoms with E-state index in [1.54, 1.807) is 12.1 Å². The second-order valence-electron chi connectivity index (χ2n) is 5.52. The van der Waals surface area contributed by atoms with Gasteiger partial charge in [0.25, 0.3) is 0 Å². The fourth-order valence-corrected chi connectivity index (χ4v) is 5.34. The van der Waals surface area contributed by atoms with Gasteiger partial charge in [-0.25, -0.2) is 8.42 Å². The highest BCUT2D eigenvalue weighted by Gasteiger charge is 2.54. The number of piperidine rings is 1. The first-order valence-corrected chi connectivity index (χ1v) is 8.29. The van der Waals surface area contributed by atoms with Gasteiger partial charge in [-0.3, -0.25) is 4.79 Å². The summed E-state index contributed by atoms with van der Waals surface area (Å²) in [7, 11) is -2.29. The summed E-state index contributed by atoms with van der Waals surface area (Å²) in [5, 5.41) is 9.37. The van der Waals surface area contributed by atoms with Crippen molar-refractivity contribution in [1.82, 2.24) is 4.31 Å². The van der Waals surface area contributed by atoms with Crippen LogP contribution in [0.2, 0.25) is 0 Å². The lowest BCUT2D eigenvalue weighted by molar-refractivity contribution is -0.142. The number of hydrogen-bond donors (Lipinski definition) is 1. The van der Waals surface area contributed by atoms with E-state index in [1.807, 2.05) is 0 Å². The van der Waals surface area contributed by atoms with Crippen molar-refractivity contribution >= 4 is 16.0 Å². The van der Waals surface area contributed by atoms with Gasteiger partial charge in [0.1, 0.15) is 11.8 Å². The van der Waals surface area contributed by atoms with E-state index in [0.29, 0.717) is 12.2 Å². The van der Waals surface area contributed by atoms with Gasteiger partial charge in [0, 0.05) is 6.04 Å². The van der Waals surface area contributed by atoms with Gasteiger partial charge in [0.2, 0.25) is 10.0 Å². The van der Waals surface area contributed by atoms with Crippen LogP contribution in [0.5, 0.6) is 5.75 Å². The number of nitrogens with zero attached hydrogens (tertiary/aromatic N) is 1.